The molecule has 0 bridgehead atoms. The summed E-state index contributed by atoms with van der Waals surface area (Å²) < 4.78 is 0. The SMILES string of the molecule is CN(C(=O)C1CCc2ccccc2C1)C1CCCC1CN. The van der Waals surface area contributed by atoms with Crippen LogP contribution in [0.4, 0.5) is 0 Å². The van der Waals surface area contributed by atoms with Crippen LogP contribution < -0.4 is 5.73 Å². The summed E-state index contributed by atoms with van der Waals surface area (Å²) >= 11 is 0. The van der Waals surface area contributed by atoms with Crippen LogP contribution in [-0.4, -0.2) is 30.4 Å². The molecule has 0 saturated heterocycles. The summed E-state index contributed by atoms with van der Waals surface area (Å²) in [4.78, 5) is 14.9. The fourth-order valence-electron chi connectivity index (χ4n) is 4.16. The third kappa shape index (κ3) is 2.84. The largest absolute Gasteiger partial charge is 0.342 e. The maximum absolute atomic E-state index is 12.8. The number of carbonyl (C=O) groups is 1. The normalized spacial score (nSPS) is 28.2. The van der Waals surface area contributed by atoms with E-state index in [2.05, 4.69) is 24.3 Å². The van der Waals surface area contributed by atoms with Crippen LogP contribution >= 0.6 is 0 Å². The first-order chi connectivity index (χ1) is 10.2. The van der Waals surface area contributed by atoms with Crippen LogP contribution in [0.2, 0.25) is 0 Å². The lowest BCUT2D eigenvalue weighted by Gasteiger charge is -2.34. The third-order valence-electron chi connectivity index (χ3n) is 5.46. The molecule has 1 aromatic carbocycles. The Labute approximate surface area is 127 Å². The van der Waals surface area contributed by atoms with Crippen LogP contribution in [0.15, 0.2) is 24.3 Å². The second-order valence-electron chi connectivity index (χ2n) is 6.65. The van der Waals surface area contributed by atoms with Gasteiger partial charge in [0.15, 0.2) is 0 Å². The summed E-state index contributed by atoms with van der Waals surface area (Å²) in [7, 11) is 1.99. The second kappa shape index (κ2) is 6.18. The lowest BCUT2D eigenvalue weighted by Crippen LogP contribution is -2.45. The number of carbonyl (C=O) groups excluding carboxylic acids is 1. The Morgan fingerprint density at radius 3 is 2.76 bits per heavy atom. The van der Waals surface area contributed by atoms with Crippen molar-refractivity contribution >= 4 is 5.91 Å². The molecule has 21 heavy (non-hydrogen) atoms. The Hall–Kier alpha value is -1.35. The van der Waals surface area contributed by atoms with E-state index in [9.17, 15) is 4.79 Å². The Balaban J connectivity index is 1.69. The predicted molar refractivity (Wildman–Crippen MR) is 84.9 cm³/mol. The lowest BCUT2D eigenvalue weighted by atomic mass is 9.83. The molecule has 114 valence electrons. The molecule has 1 amide bonds. The molecule has 3 atom stereocenters. The number of nitrogens with two attached hydrogens (primary N) is 1. The fraction of sp³-hybridized carbons (Fsp3) is 0.611. The standard InChI is InChI=1S/C18H26N2O/c1-20(17-8-4-7-16(17)12-19)18(21)15-10-9-13-5-2-3-6-14(13)11-15/h2-3,5-6,15-17H,4,7-12,19H2,1H3. The van der Waals surface area contributed by atoms with Crippen molar-refractivity contribution in [1.82, 2.24) is 4.90 Å². The van der Waals surface area contributed by atoms with Gasteiger partial charge in [0.05, 0.1) is 0 Å². The zero-order valence-corrected chi connectivity index (χ0v) is 12.9. The van der Waals surface area contributed by atoms with Crippen molar-refractivity contribution < 1.29 is 4.79 Å². The van der Waals surface area contributed by atoms with Crippen LogP contribution in [0, 0.1) is 11.8 Å². The van der Waals surface area contributed by atoms with E-state index < -0.39 is 0 Å². The van der Waals surface area contributed by atoms with Crippen molar-refractivity contribution in [3.05, 3.63) is 35.4 Å². The lowest BCUT2D eigenvalue weighted by molar-refractivity contribution is -0.137. The minimum Gasteiger partial charge on any atom is -0.342 e. The highest BCUT2D eigenvalue weighted by Crippen LogP contribution is 2.32. The molecule has 1 aromatic rings. The van der Waals surface area contributed by atoms with E-state index in [1.807, 2.05) is 11.9 Å². The maximum Gasteiger partial charge on any atom is 0.226 e. The number of nitrogens with zero attached hydrogens (tertiary/aromatic N) is 1. The summed E-state index contributed by atoms with van der Waals surface area (Å²) in [6, 6.07) is 8.90. The molecule has 0 aromatic heterocycles. The minimum atomic E-state index is 0.156. The van der Waals surface area contributed by atoms with E-state index in [1.165, 1.54) is 24.0 Å². The number of amides is 1. The van der Waals surface area contributed by atoms with Crippen LogP contribution in [0.3, 0.4) is 0 Å². The molecule has 2 aliphatic carbocycles. The smallest absolute Gasteiger partial charge is 0.226 e. The zero-order valence-electron chi connectivity index (χ0n) is 12.9. The molecular formula is C18H26N2O. The highest BCUT2D eigenvalue weighted by atomic mass is 16.2. The summed E-state index contributed by atoms with van der Waals surface area (Å²) in [6.45, 7) is 0.704. The van der Waals surface area contributed by atoms with Gasteiger partial charge in [-0.2, -0.15) is 0 Å². The van der Waals surface area contributed by atoms with Crippen molar-refractivity contribution in [2.24, 2.45) is 17.6 Å². The van der Waals surface area contributed by atoms with E-state index in [4.69, 9.17) is 5.73 Å². The molecule has 3 rings (SSSR count). The second-order valence-corrected chi connectivity index (χ2v) is 6.65. The van der Waals surface area contributed by atoms with Crippen LogP contribution in [0.1, 0.15) is 36.8 Å². The van der Waals surface area contributed by atoms with Gasteiger partial charge in [0, 0.05) is 19.0 Å². The Morgan fingerprint density at radius 2 is 2.00 bits per heavy atom. The first kappa shape index (κ1) is 14.6. The van der Waals surface area contributed by atoms with Gasteiger partial charge >= 0.3 is 0 Å². The number of fused-ring (bicyclic) bond motifs is 1. The van der Waals surface area contributed by atoms with Crippen molar-refractivity contribution in [3.8, 4) is 0 Å². The van der Waals surface area contributed by atoms with Gasteiger partial charge in [0.1, 0.15) is 0 Å². The topological polar surface area (TPSA) is 46.3 Å². The molecule has 0 heterocycles. The zero-order chi connectivity index (χ0) is 14.8. The maximum atomic E-state index is 12.8. The highest BCUT2D eigenvalue weighted by molar-refractivity contribution is 5.79. The summed E-state index contributed by atoms with van der Waals surface area (Å²) in [6.07, 6.45) is 6.42. The van der Waals surface area contributed by atoms with Gasteiger partial charge in [-0.3, -0.25) is 4.79 Å². The molecule has 0 spiro atoms. The molecule has 1 fully saturated rings. The number of hydrogen-bond donors (Lipinski definition) is 1. The van der Waals surface area contributed by atoms with Gasteiger partial charge in [0.25, 0.3) is 0 Å². The predicted octanol–water partition coefficient (Wildman–Crippen LogP) is 2.38. The molecule has 2 aliphatic rings. The molecule has 3 nitrogen and oxygen atoms in total. The average Bonchev–Trinajstić information content (AvgIpc) is 3.01. The van der Waals surface area contributed by atoms with Gasteiger partial charge in [-0.25, -0.2) is 0 Å². The number of benzene rings is 1. The molecule has 0 radical (unpaired) electrons. The van der Waals surface area contributed by atoms with E-state index in [1.54, 1.807) is 0 Å². The number of aryl methyl sites for hydroxylation is 1. The van der Waals surface area contributed by atoms with Gasteiger partial charge in [-0.1, -0.05) is 30.7 Å². The van der Waals surface area contributed by atoms with Gasteiger partial charge in [0.2, 0.25) is 5.91 Å². The van der Waals surface area contributed by atoms with Crippen LogP contribution in [-0.2, 0) is 17.6 Å². The summed E-state index contributed by atoms with van der Waals surface area (Å²) in [5, 5.41) is 0. The highest BCUT2D eigenvalue weighted by Gasteiger charge is 2.35. The molecule has 3 heteroatoms. The average molecular weight is 286 g/mol. The first-order valence-corrected chi connectivity index (χ1v) is 8.24. The summed E-state index contributed by atoms with van der Waals surface area (Å²) in [5.74, 6) is 0.980. The molecule has 1 saturated carbocycles. The van der Waals surface area contributed by atoms with E-state index in [0.717, 1.165) is 25.7 Å². The van der Waals surface area contributed by atoms with Crippen LogP contribution in [0.5, 0.6) is 0 Å². The minimum absolute atomic E-state index is 0.156. The molecule has 2 N–H and O–H groups in total. The van der Waals surface area contributed by atoms with Gasteiger partial charge in [-0.15, -0.1) is 0 Å². The number of hydrogen-bond acceptors (Lipinski definition) is 2. The first-order valence-electron chi connectivity index (χ1n) is 8.24. The van der Waals surface area contributed by atoms with Crippen molar-refractivity contribution in [2.75, 3.05) is 13.6 Å². The van der Waals surface area contributed by atoms with Crippen molar-refractivity contribution in [1.29, 1.82) is 0 Å². The van der Waals surface area contributed by atoms with Gasteiger partial charge in [-0.05, 0) is 55.7 Å². The third-order valence-corrected chi connectivity index (χ3v) is 5.46. The Kier molecular flexibility index (Phi) is 4.29. The van der Waals surface area contributed by atoms with Crippen molar-refractivity contribution in [2.45, 2.75) is 44.6 Å². The monoisotopic (exact) mass is 286 g/mol. The summed E-state index contributed by atoms with van der Waals surface area (Å²) in [5.41, 5.74) is 8.65. The molecular weight excluding hydrogens is 260 g/mol. The Morgan fingerprint density at radius 1 is 1.24 bits per heavy atom. The number of rotatable bonds is 3. The Bertz CT molecular complexity index is 514. The van der Waals surface area contributed by atoms with Gasteiger partial charge < -0.3 is 10.6 Å². The van der Waals surface area contributed by atoms with E-state index in [-0.39, 0.29) is 5.92 Å². The molecule has 3 unspecified atom stereocenters. The van der Waals surface area contributed by atoms with Crippen molar-refractivity contribution in [3.63, 3.8) is 0 Å². The van der Waals surface area contributed by atoms with Crippen LogP contribution in [0.25, 0.3) is 0 Å². The van der Waals surface area contributed by atoms with E-state index in [0.29, 0.717) is 24.4 Å². The fourth-order valence-corrected chi connectivity index (χ4v) is 4.16. The molecule has 0 aliphatic heterocycles. The van der Waals surface area contributed by atoms with E-state index >= 15 is 0 Å². The quantitative estimate of drug-likeness (QED) is 0.927.